The van der Waals surface area contributed by atoms with Gasteiger partial charge in [-0.15, -0.1) is 5.10 Å². The van der Waals surface area contributed by atoms with Crippen LogP contribution in [0, 0.1) is 0 Å². The number of hydrogen-bond acceptors (Lipinski definition) is 6. The van der Waals surface area contributed by atoms with Crippen LogP contribution >= 0.6 is 23.3 Å². The Morgan fingerprint density at radius 1 is 1.41 bits per heavy atom. The van der Waals surface area contributed by atoms with Crippen molar-refractivity contribution in [3.05, 3.63) is 36.0 Å². The lowest BCUT2D eigenvalue weighted by Gasteiger charge is -2.12. The Labute approximate surface area is 135 Å². The van der Waals surface area contributed by atoms with Gasteiger partial charge in [-0.2, -0.15) is 0 Å². The fourth-order valence-corrected chi connectivity index (χ4v) is 3.37. The number of amides is 1. The zero-order valence-corrected chi connectivity index (χ0v) is 13.7. The molecule has 3 aromatic rings. The minimum Gasteiger partial charge on any atom is -0.350 e. The van der Waals surface area contributed by atoms with Gasteiger partial charge in [0.15, 0.2) is 4.34 Å². The van der Waals surface area contributed by atoms with E-state index >= 15 is 0 Å². The van der Waals surface area contributed by atoms with Crippen LogP contribution in [0.4, 0.5) is 0 Å². The predicted octanol–water partition coefficient (Wildman–Crippen LogP) is 2.62. The summed E-state index contributed by atoms with van der Waals surface area (Å²) < 4.78 is 2.52. The van der Waals surface area contributed by atoms with Crippen molar-refractivity contribution in [1.82, 2.24) is 19.9 Å². The number of carbonyl (C=O) groups excluding carboxylic acids is 1. The molecule has 0 saturated carbocycles. The van der Waals surface area contributed by atoms with E-state index in [-0.39, 0.29) is 11.9 Å². The molecular formula is C14H15N5OS2. The van der Waals surface area contributed by atoms with E-state index in [0.717, 1.165) is 38.1 Å². The quantitative estimate of drug-likeness (QED) is 0.717. The number of benzene rings is 1. The van der Waals surface area contributed by atoms with Gasteiger partial charge in [-0.05, 0) is 24.4 Å². The maximum absolute atomic E-state index is 11.1. The minimum atomic E-state index is -0.0365. The number of imidazole rings is 1. The second kappa shape index (κ2) is 6.07. The molecule has 0 aliphatic heterocycles. The van der Waals surface area contributed by atoms with Crippen molar-refractivity contribution >= 4 is 34.2 Å². The fraction of sp³-hybridized carbons (Fsp3) is 0.214. The zero-order valence-electron chi connectivity index (χ0n) is 12.1. The molecule has 1 amide bonds. The van der Waals surface area contributed by atoms with Crippen molar-refractivity contribution < 1.29 is 4.79 Å². The third-order valence-corrected chi connectivity index (χ3v) is 4.79. The summed E-state index contributed by atoms with van der Waals surface area (Å²) in [5, 5.41) is 12.7. The van der Waals surface area contributed by atoms with Crippen LogP contribution < -0.4 is 10.5 Å². The highest BCUT2D eigenvalue weighted by Crippen LogP contribution is 2.26. The molecule has 0 saturated heterocycles. The van der Waals surface area contributed by atoms with E-state index in [1.165, 1.54) is 18.3 Å². The van der Waals surface area contributed by atoms with Crippen molar-refractivity contribution in [1.29, 1.82) is 0 Å². The Bertz CT molecular complexity index is 777. The van der Waals surface area contributed by atoms with Gasteiger partial charge in [-0.3, -0.25) is 9.93 Å². The van der Waals surface area contributed by atoms with E-state index in [2.05, 4.69) is 15.4 Å². The summed E-state index contributed by atoms with van der Waals surface area (Å²) in [5.41, 5.74) is 2.93. The Kier molecular flexibility index (Phi) is 4.14. The SMILES string of the molecule is CC(=O)N[C@H](C)c1ccc(-c2cn3nc(SN)sc3n2)cc1. The maximum atomic E-state index is 11.1. The monoisotopic (exact) mass is 333 g/mol. The standard InChI is InChI=1S/C14H15N5OS2/c1-8(16-9(2)20)10-3-5-11(6-4-10)12-7-19-13(17-12)21-14(18-19)22-15/h3-8H,15H2,1-2H3,(H,16,20)/t8-/m1/s1. The van der Waals surface area contributed by atoms with Gasteiger partial charge in [0.05, 0.1) is 17.9 Å². The first-order chi connectivity index (χ1) is 10.6. The summed E-state index contributed by atoms with van der Waals surface area (Å²) in [6.07, 6.45) is 1.89. The van der Waals surface area contributed by atoms with Gasteiger partial charge in [-0.1, -0.05) is 35.6 Å². The Balaban J connectivity index is 1.84. The van der Waals surface area contributed by atoms with E-state index in [1.54, 1.807) is 4.52 Å². The van der Waals surface area contributed by atoms with E-state index < -0.39 is 0 Å². The third-order valence-electron chi connectivity index (χ3n) is 3.25. The molecule has 1 atom stereocenters. The molecule has 3 rings (SSSR count). The summed E-state index contributed by atoms with van der Waals surface area (Å²) >= 11 is 2.58. The molecule has 0 bridgehead atoms. The predicted molar refractivity (Wildman–Crippen MR) is 88.6 cm³/mol. The highest BCUT2D eigenvalue weighted by atomic mass is 32.2. The molecule has 0 aliphatic carbocycles. The number of nitrogens with one attached hydrogen (secondary N) is 1. The van der Waals surface area contributed by atoms with E-state index in [0.29, 0.717) is 0 Å². The molecule has 1 aromatic carbocycles. The average Bonchev–Trinajstić information content (AvgIpc) is 3.04. The summed E-state index contributed by atoms with van der Waals surface area (Å²) in [6, 6.07) is 7.98. The van der Waals surface area contributed by atoms with E-state index in [9.17, 15) is 4.79 Å². The Morgan fingerprint density at radius 3 is 2.73 bits per heavy atom. The molecule has 0 radical (unpaired) electrons. The van der Waals surface area contributed by atoms with Gasteiger partial charge in [0.25, 0.3) is 0 Å². The molecule has 0 spiro atoms. The number of aromatic nitrogens is 3. The van der Waals surface area contributed by atoms with Gasteiger partial charge in [0.2, 0.25) is 10.9 Å². The molecule has 8 heteroatoms. The lowest BCUT2D eigenvalue weighted by Crippen LogP contribution is -2.23. The molecule has 114 valence electrons. The van der Waals surface area contributed by atoms with Crippen LogP contribution in [0.25, 0.3) is 16.2 Å². The zero-order chi connectivity index (χ0) is 15.7. The van der Waals surface area contributed by atoms with Crippen LogP contribution in [0.1, 0.15) is 25.5 Å². The Morgan fingerprint density at radius 2 is 2.14 bits per heavy atom. The van der Waals surface area contributed by atoms with Gasteiger partial charge >= 0.3 is 0 Å². The highest BCUT2D eigenvalue weighted by Gasteiger charge is 2.11. The van der Waals surface area contributed by atoms with Crippen molar-refractivity contribution in [2.45, 2.75) is 24.2 Å². The molecule has 0 aliphatic rings. The van der Waals surface area contributed by atoms with Gasteiger partial charge in [0.1, 0.15) is 0 Å². The fourth-order valence-electron chi connectivity index (χ4n) is 2.20. The largest absolute Gasteiger partial charge is 0.350 e. The molecular weight excluding hydrogens is 318 g/mol. The first-order valence-corrected chi connectivity index (χ1v) is 8.37. The first-order valence-electron chi connectivity index (χ1n) is 6.67. The van der Waals surface area contributed by atoms with Crippen LogP contribution in [0.15, 0.2) is 34.8 Å². The molecule has 2 aromatic heterocycles. The van der Waals surface area contributed by atoms with Crippen molar-refractivity contribution in [2.24, 2.45) is 5.14 Å². The van der Waals surface area contributed by atoms with Gasteiger partial charge in [0, 0.05) is 12.5 Å². The molecule has 22 heavy (non-hydrogen) atoms. The number of nitrogens with two attached hydrogens (primary N) is 1. The summed E-state index contributed by atoms with van der Waals surface area (Å²) in [5.74, 6) is -0.0365. The van der Waals surface area contributed by atoms with Crippen molar-refractivity contribution in [2.75, 3.05) is 0 Å². The molecule has 2 heterocycles. The lowest BCUT2D eigenvalue weighted by atomic mass is 10.0. The van der Waals surface area contributed by atoms with Crippen LogP contribution in [-0.2, 0) is 4.79 Å². The van der Waals surface area contributed by atoms with Gasteiger partial charge in [-0.25, -0.2) is 9.50 Å². The number of fused-ring (bicyclic) bond motifs is 1. The van der Waals surface area contributed by atoms with E-state index in [1.807, 2.05) is 37.4 Å². The second-order valence-corrected chi connectivity index (χ2v) is 6.72. The summed E-state index contributed by atoms with van der Waals surface area (Å²) in [6.45, 7) is 3.47. The molecule has 0 unspecified atom stereocenters. The van der Waals surface area contributed by atoms with Crippen LogP contribution in [0.5, 0.6) is 0 Å². The number of rotatable bonds is 4. The maximum Gasteiger partial charge on any atom is 0.217 e. The number of hydrogen-bond donors (Lipinski definition) is 2. The van der Waals surface area contributed by atoms with Gasteiger partial charge < -0.3 is 5.32 Å². The molecule has 3 N–H and O–H groups in total. The summed E-state index contributed by atoms with van der Waals surface area (Å²) in [4.78, 5) is 16.5. The van der Waals surface area contributed by atoms with Crippen LogP contribution in [0.2, 0.25) is 0 Å². The van der Waals surface area contributed by atoms with Crippen molar-refractivity contribution in [3.8, 4) is 11.3 Å². The normalized spacial score (nSPS) is 12.5. The van der Waals surface area contributed by atoms with Crippen LogP contribution in [0.3, 0.4) is 0 Å². The second-order valence-electron chi connectivity index (χ2n) is 4.88. The van der Waals surface area contributed by atoms with E-state index in [4.69, 9.17) is 5.14 Å². The third kappa shape index (κ3) is 2.99. The highest BCUT2D eigenvalue weighted by molar-refractivity contribution is 7.98. The van der Waals surface area contributed by atoms with Crippen LogP contribution in [-0.4, -0.2) is 20.5 Å². The smallest absolute Gasteiger partial charge is 0.217 e. The number of nitrogens with zero attached hydrogens (tertiary/aromatic N) is 3. The average molecular weight is 333 g/mol. The molecule has 0 fully saturated rings. The number of carbonyl (C=O) groups is 1. The minimum absolute atomic E-state index is 0.0113. The topological polar surface area (TPSA) is 85.3 Å². The van der Waals surface area contributed by atoms with Crippen molar-refractivity contribution in [3.63, 3.8) is 0 Å². The summed E-state index contributed by atoms with van der Waals surface area (Å²) in [7, 11) is 0. The first kappa shape index (κ1) is 15.0. The molecule has 6 nitrogen and oxygen atoms in total. The lowest BCUT2D eigenvalue weighted by molar-refractivity contribution is -0.119. The Hall–Kier alpha value is -1.90.